The largest absolute Gasteiger partial charge is 0.388 e. The van der Waals surface area contributed by atoms with Gasteiger partial charge in [-0.1, -0.05) is 36.4 Å². The molecule has 5 heteroatoms. The van der Waals surface area contributed by atoms with E-state index in [1.807, 2.05) is 60.7 Å². The molecule has 0 heterocycles. The van der Waals surface area contributed by atoms with Gasteiger partial charge in [-0.15, -0.1) is 0 Å². The van der Waals surface area contributed by atoms with Crippen LogP contribution in [-0.2, 0) is 0 Å². The summed E-state index contributed by atoms with van der Waals surface area (Å²) in [6.07, 6.45) is -0.604. The van der Waals surface area contributed by atoms with Gasteiger partial charge in [0.05, 0.1) is 13.1 Å². The van der Waals surface area contributed by atoms with Gasteiger partial charge < -0.3 is 10.0 Å². The number of aliphatic hydroxyl groups excluding tert-OH is 1. The van der Waals surface area contributed by atoms with Crippen molar-refractivity contribution < 1.29 is 10.1 Å². The van der Waals surface area contributed by atoms with Gasteiger partial charge in [-0.05, 0) is 24.3 Å². The van der Waals surface area contributed by atoms with Crippen molar-refractivity contribution in [1.29, 1.82) is 0 Å². The quantitative estimate of drug-likeness (QED) is 0.427. The minimum Gasteiger partial charge on any atom is -0.388 e. The van der Waals surface area contributed by atoms with Crippen LogP contribution in [0, 0.1) is 0 Å². The smallest absolute Gasteiger partial charge is 0.338 e. The number of para-hydroxylation sites is 2. The molecule has 0 bridgehead atoms. The highest BCUT2D eigenvalue weighted by Gasteiger charge is 2.14. The first-order valence-electron chi connectivity index (χ1n) is 6.84. The number of nitrogens with zero attached hydrogens (tertiary/aromatic N) is 1. The van der Waals surface area contributed by atoms with Gasteiger partial charge in [-0.3, -0.25) is 16.5 Å². The van der Waals surface area contributed by atoms with Crippen LogP contribution in [0.2, 0.25) is 0 Å². The van der Waals surface area contributed by atoms with Gasteiger partial charge in [0.15, 0.2) is 0 Å². The molecule has 1 atom stereocenters. The van der Waals surface area contributed by atoms with Gasteiger partial charge in [-0.25, -0.2) is 0 Å². The van der Waals surface area contributed by atoms with E-state index in [0.717, 1.165) is 11.4 Å². The standard InChI is InChI=1S/C16H20N4O/c17-16(18)19-11-15(21)12-20(13-7-3-1-4-8-13)14-9-5-2-6-10-14/h1-10,15,21H,11-12H2,(H4,17,18,19)/p+1. The number of hydrogen-bond donors (Lipinski definition) is 4. The molecule has 2 rings (SSSR count). The van der Waals surface area contributed by atoms with Gasteiger partial charge in [0, 0.05) is 11.4 Å². The molecule has 0 spiro atoms. The maximum absolute atomic E-state index is 10.2. The molecule has 1 unspecified atom stereocenters. The Balaban J connectivity index is 2.19. The minimum atomic E-state index is -0.604. The van der Waals surface area contributed by atoms with E-state index in [2.05, 4.69) is 9.89 Å². The van der Waals surface area contributed by atoms with Crippen LogP contribution in [0.15, 0.2) is 60.7 Å². The Kier molecular flexibility index (Phi) is 5.17. The molecule has 110 valence electrons. The molecule has 2 aromatic carbocycles. The molecule has 0 fully saturated rings. The second kappa shape index (κ2) is 7.31. The molecular weight excluding hydrogens is 264 g/mol. The van der Waals surface area contributed by atoms with E-state index in [-0.39, 0.29) is 5.96 Å². The molecule has 21 heavy (non-hydrogen) atoms. The van der Waals surface area contributed by atoms with Gasteiger partial charge in [-0.2, -0.15) is 0 Å². The molecule has 0 aliphatic carbocycles. The number of anilines is 2. The van der Waals surface area contributed by atoms with Gasteiger partial charge in [0.2, 0.25) is 0 Å². The van der Waals surface area contributed by atoms with Gasteiger partial charge >= 0.3 is 5.96 Å². The van der Waals surface area contributed by atoms with E-state index in [0.29, 0.717) is 13.1 Å². The third-order valence-electron chi connectivity index (χ3n) is 3.07. The highest BCUT2D eigenvalue weighted by Crippen LogP contribution is 2.24. The summed E-state index contributed by atoms with van der Waals surface area (Å²) < 4.78 is 0. The molecule has 2 aromatic rings. The van der Waals surface area contributed by atoms with Crippen molar-refractivity contribution in [3.8, 4) is 0 Å². The fraction of sp³-hybridized carbons (Fsp3) is 0.188. The van der Waals surface area contributed by atoms with Crippen LogP contribution in [0.1, 0.15) is 0 Å². The van der Waals surface area contributed by atoms with Crippen molar-refractivity contribution in [3.05, 3.63) is 60.7 Å². The summed E-state index contributed by atoms with van der Waals surface area (Å²) >= 11 is 0. The second-order valence-corrected chi connectivity index (χ2v) is 4.77. The number of benzene rings is 2. The zero-order valence-electron chi connectivity index (χ0n) is 11.8. The van der Waals surface area contributed by atoms with Crippen molar-refractivity contribution in [2.75, 3.05) is 18.0 Å². The minimum absolute atomic E-state index is 0.111. The van der Waals surface area contributed by atoms with Crippen LogP contribution in [0.3, 0.4) is 0 Å². The lowest BCUT2D eigenvalue weighted by atomic mass is 10.2. The van der Waals surface area contributed by atoms with E-state index >= 15 is 0 Å². The van der Waals surface area contributed by atoms with Crippen LogP contribution < -0.4 is 21.4 Å². The third kappa shape index (κ3) is 4.50. The van der Waals surface area contributed by atoms with Crippen LogP contribution in [-0.4, -0.2) is 30.3 Å². The Morgan fingerprint density at radius 1 is 0.952 bits per heavy atom. The summed E-state index contributed by atoms with van der Waals surface area (Å²) in [4.78, 5) is 4.80. The number of hydrogen-bond acceptors (Lipinski definition) is 2. The Hall–Kier alpha value is -2.53. The number of rotatable bonds is 6. The van der Waals surface area contributed by atoms with Gasteiger partial charge in [0.1, 0.15) is 6.10 Å². The lowest BCUT2D eigenvalue weighted by Crippen LogP contribution is -2.80. The predicted octanol–water partition coefficient (Wildman–Crippen LogP) is -0.460. The average molecular weight is 285 g/mol. The Bertz CT molecular complexity index is 528. The molecule has 0 saturated heterocycles. The molecule has 0 aromatic heterocycles. The van der Waals surface area contributed by atoms with E-state index in [1.165, 1.54) is 0 Å². The van der Waals surface area contributed by atoms with Crippen molar-refractivity contribution >= 4 is 17.3 Å². The molecule has 0 aliphatic heterocycles. The van der Waals surface area contributed by atoms with E-state index in [1.54, 1.807) is 0 Å². The zero-order chi connectivity index (χ0) is 15.1. The molecule has 0 aliphatic rings. The lowest BCUT2D eigenvalue weighted by molar-refractivity contribution is -0.470. The highest BCUT2D eigenvalue weighted by atomic mass is 16.3. The van der Waals surface area contributed by atoms with E-state index in [9.17, 15) is 5.11 Å². The SMILES string of the molecule is NC(N)=[NH+]CC(O)CN(c1ccccc1)c1ccccc1. The zero-order valence-corrected chi connectivity index (χ0v) is 11.8. The monoisotopic (exact) mass is 285 g/mol. The summed E-state index contributed by atoms with van der Waals surface area (Å²) in [6, 6.07) is 19.9. The molecule has 0 amide bonds. The van der Waals surface area contributed by atoms with Gasteiger partial charge in [0.25, 0.3) is 0 Å². The molecular formula is C16H21N4O+. The number of nitrogens with two attached hydrogens (primary N) is 2. The van der Waals surface area contributed by atoms with Crippen LogP contribution in [0.4, 0.5) is 11.4 Å². The number of guanidine groups is 1. The van der Waals surface area contributed by atoms with E-state index in [4.69, 9.17) is 11.5 Å². The first-order valence-corrected chi connectivity index (χ1v) is 6.84. The first-order chi connectivity index (χ1) is 10.2. The molecule has 5 nitrogen and oxygen atoms in total. The normalized spacial score (nSPS) is 11.7. The van der Waals surface area contributed by atoms with Crippen molar-refractivity contribution in [3.63, 3.8) is 0 Å². The molecule has 0 saturated carbocycles. The number of nitrogens with one attached hydrogen (secondary N) is 1. The topological polar surface area (TPSA) is 89.5 Å². The first kappa shape index (κ1) is 14.9. The highest BCUT2D eigenvalue weighted by molar-refractivity contribution is 5.69. The Labute approximate surface area is 124 Å². The maximum Gasteiger partial charge on any atom is 0.338 e. The Morgan fingerprint density at radius 2 is 1.43 bits per heavy atom. The van der Waals surface area contributed by atoms with Crippen molar-refractivity contribution in [1.82, 2.24) is 0 Å². The fourth-order valence-electron chi connectivity index (χ4n) is 2.09. The fourth-order valence-corrected chi connectivity index (χ4v) is 2.09. The third-order valence-corrected chi connectivity index (χ3v) is 3.07. The summed E-state index contributed by atoms with van der Waals surface area (Å²) in [6.45, 7) is 0.743. The summed E-state index contributed by atoms with van der Waals surface area (Å²) in [5.74, 6) is 0.111. The van der Waals surface area contributed by atoms with Crippen molar-refractivity contribution in [2.24, 2.45) is 11.5 Å². The van der Waals surface area contributed by atoms with E-state index < -0.39 is 6.10 Å². The number of aliphatic hydroxyl groups is 1. The van der Waals surface area contributed by atoms with Crippen LogP contribution in [0.25, 0.3) is 0 Å². The summed E-state index contributed by atoms with van der Waals surface area (Å²) in [5.41, 5.74) is 12.7. The Morgan fingerprint density at radius 3 is 1.86 bits per heavy atom. The maximum atomic E-state index is 10.2. The predicted molar refractivity (Wildman–Crippen MR) is 85.1 cm³/mol. The van der Waals surface area contributed by atoms with Crippen LogP contribution >= 0.6 is 0 Å². The molecule has 6 N–H and O–H groups in total. The second-order valence-electron chi connectivity index (χ2n) is 4.77. The average Bonchev–Trinajstić information content (AvgIpc) is 2.52. The lowest BCUT2D eigenvalue weighted by Gasteiger charge is -2.26. The summed E-state index contributed by atoms with van der Waals surface area (Å²) in [5, 5.41) is 10.2. The molecule has 0 radical (unpaired) electrons. The summed E-state index contributed by atoms with van der Waals surface area (Å²) in [7, 11) is 0. The van der Waals surface area contributed by atoms with Crippen LogP contribution in [0.5, 0.6) is 0 Å². The van der Waals surface area contributed by atoms with Crippen molar-refractivity contribution in [2.45, 2.75) is 6.10 Å².